The van der Waals surface area contributed by atoms with E-state index in [0.29, 0.717) is 19.4 Å². The molecule has 0 saturated carbocycles. The highest BCUT2D eigenvalue weighted by Gasteiger charge is 2.32. The molecule has 1 heterocycles. The molecule has 0 aliphatic carbocycles. The first kappa shape index (κ1) is 13.4. The number of methoxy groups -OCH3 is 1. The van der Waals surface area contributed by atoms with Crippen molar-refractivity contribution in [3.63, 3.8) is 0 Å². The largest absolute Gasteiger partial charge is 0.469 e. The van der Waals surface area contributed by atoms with Crippen molar-refractivity contribution >= 4 is 16.0 Å². The van der Waals surface area contributed by atoms with Gasteiger partial charge < -0.3 is 4.74 Å². The van der Waals surface area contributed by atoms with Crippen molar-refractivity contribution < 1.29 is 17.9 Å². The van der Waals surface area contributed by atoms with Crippen LogP contribution >= 0.6 is 0 Å². The Kier molecular flexibility index (Phi) is 4.73. The van der Waals surface area contributed by atoms with Crippen LogP contribution in [0.5, 0.6) is 0 Å². The second kappa shape index (κ2) is 5.63. The average Bonchev–Trinajstić information content (AvgIpc) is 2.28. The Balaban J connectivity index is 2.67. The predicted octanol–water partition coefficient (Wildman–Crippen LogP) is 0.611. The molecule has 6 heteroatoms. The number of rotatable bonds is 4. The zero-order chi connectivity index (χ0) is 12.2. The first-order chi connectivity index (χ1) is 7.51. The van der Waals surface area contributed by atoms with Gasteiger partial charge in [-0.05, 0) is 19.3 Å². The maximum absolute atomic E-state index is 11.8. The van der Waals surface area contributed by atoms with Crippen LogP contribution in [-0.2, 0) is 19.6 Å². The van der Waals surface area contributed by atoms with Crippen LogP contribution in [0.3, 0.4) is 0 Å². The third-order valence-electron chi connectivity index (χ3n) is 2.77. The van der Waals surface area contributed by atoms with Crippen molar-refractivity contribution in [1.82, 2.24) is 4.31 Å². The van der Waals surface area contributed by atoms with Gasteiger partial charge in [-0.1, -0.05) is 6.92 Å². The number of esters is 1. The van der Waals surface area contributed by atoms with Gasteiger partial charge in [-0.3, -0.25) is 4.79 Å². The Labute approximate surface area is 96.8 Å². The lowest BCUT2D eigenvalue weighted by Crippen LogP contribution is -2.43. The lowest BCUT2D eigenvalue weighted by molar-refractivity contribution is -0.146. The van der Waals surface area contributed by atoms with Gasteiger partial charge in [0.2, 0.25) is 10.0 Å². The van der Waals surface area contributed by atoms with Crippen molar-refractivity contribution in [1.29, 1.82) is 0 Å². The summed E-state index contributed by atoms with van der Waals surface area (Å²) in [5.41, 5.74) is 0. The van der Waals surface area contributed by atoms with E-state index in [9.17, 15) is 13.2 Å². The Hall–Kier alpha value is -0.620. The lowest BCUT2D eigenvalue weighted by atomic mass is 10.0. The van der Waals surface area contributed by atoms with E-state index >= 15 is 0 Å². The molecule has 0 radical (unpaired) electrons. The highest BCUT2D eigenvalue weighted by molar-refractivity contribution is 7.89. The highest BCUT2D eigenvalue weighted by atomic mass is 32.2. The molecule has 1 atom stereocenters. The highest BCUT2D eigenvalue weighted by Crippen LogP contribution is 2.20. The van der Waals surface area contributed by atoms with E-state index in [1.54, 1.807) is 0 Å². The Morgan fingerprint density at radius 2 is 2.19 bits per heavy atom. The van der Waals surface area contributed by atoms with Crippen molar-refractivity contribution in [2.45, 2.75) is 26.2 Å². The molecule has 0 aromatic carbocycles. The number of hydrogen-bond donors (Lipinski definition) is 0. The fourth-order valence-electron chi connectivity index (χ4n) is 1.94. The van der Waals surface area contributed by atoms with E-state index in [-0.39, 0.29) is 24.2 Å². The monoisotopic (exact) mass is 249 g/mol. The van der Waals surface area contributed by atoms with Gasteiger partial charge in [0.25, 0.3) is 0 Å². The maximum atomic E-state index is 11.8. The average molecular weight is 249 g/mol. The number of carbonyl (C=O) groups is 1. The molecular weight excluding hydrogens is 230 g/mol. The van der Waals surface area contributed by atoms with Crippen LogP contribution in [0.15, 0.2) is 0 Å². The maximum Gasteiger partial charge on any atom is 0.309 e. The van der Waals surface area contributed by atoms with Gasteiger partial charge in [0, 0.05) is 13.1 Å². The molecule has 0 aromatic rings. The molecule has 5 nitrogen and oxygen atoms in total. The van der Waals surface area contributed by atoms with E-state index < -0.39 is 10.0 Å². The molecule has 1 aliphatic heterocycles. The number of hydrogen-bond acceptors (Lipinski definition) is 4. The molecule has 1 aliphatic rings. The third-order valence-corrected chi connectivity index (χ3v) is 4.82. The first-order valence-corrected chi connectivity index (χ1v) is 7.17. The summed E-state index contributed by atoms with van der Waals surface area (Å²) < 4.78 is 29.7. The second-order valence-corrected chi connectivity index (χ2v) is 6.12. The number of carbonyl (C=O) groups excluding carboxylic acids is 1. The van der Waals surface area contributed by atoms with Gasteiger partial charge in [-0.15, -0.1) is 0 Å². The van der Waals surface area contributed by atoms with Crippen LogP contribution in [0.25, 0.3) is 0 Å². The summed E-state index contributed by atoms with van der Waals surface area (Å²) in [6.07, 6.45) is 2.04. The first-order valence-electron chi connectivity index (χ1n) is 5.57. The third kappa shape index (κ3) is 3.18. The number of sulfonamides is 1. The number of ether oxygens (including phenoxy) is 1. The van der Waals surface area contributed by atoms with E-state index in [1.807, 2.05) is 6.92 Å². The van der Waals surface area contributed by atoms with E-state index in [2.05, 4.69) is 4.74 Å². The van der Waals surface area contributed by atoms with Gasteiger partial charge in [0.1, 0.15) is 0 Å². The van der Waals surface area contributed by atoms with Crippen molar-refractivity contribution in [3.8, 4) is 0 Å². The standard InChI is InChI=1S/C10H19NO4S/c1-3-7-16(13,14)11-6-4-5-9(8-11)10(12)15-2/h9H,3-8H2,1-2H3/t9-/m0/s1. The Morgan fingerprint density at radius 1 is 1.50 bits per heavy atom. The van der Waals surface area contributed by atoms with Crippen LogP contribution < -0.4 is 0 Å². The molecule has 0 aromatic heterocycles. The molecule has 1 fully saturated rings. The lowest BCUT2D eigenvalue weighted by Gasteiger charge is -2.30. The minimum atomic E-state index is -3.18. The van der Waals surface area contributed by atoms with E-state index in [4.69, 9.17) is 0 Å². The molecular formula is C10H19NO4S. The molecule has 0 spiro atoms. The molecule has 0 N–H and O–H groups in total. The zero-order valence-electron chi connectivity index (χ0n) is 9.81. The minimum absolute atomic E-state index is 0.154. The summed E-state index contributed by atoms with van der Waals surface area (Å²) in [7, 11) is -1.85. The Morgan fingerprint density at radius 3 is 2.75 bits per heavy atom. The quantitative estimate of drug-likeness (QED) is 0.685. The van der Waals surface area contributed by atoms with Gasteiger partial charge in [0.15, 0.2) is 0 Å². The summed E-state index contributed by atoms with van der Waals surface area (Å²) in [6, 6.07) is 0. The summed E-state index contributed by atoms with van der Waals surface area (Å²) in [5.74, 6) is -0.456. The second-order valence-electron chi connectivity index (χ2n) is 4.04. The normalized spacial score (nSPS) is 23.0. The van der Waals surface area contributed by atoms with Gasteiger partial charge in [-0.2, -0.15) is 0 Å². The van der Waals surface area contributed by atoms with Crippen LogP contribution in [0.1, 0.15) is 26.2 Å². The van der Waals surface area contributed by atoms with Crippen molar-refractivity contribution in [2.75, 3.05) is 26.0 Å². The molecule has 16 heavy (non-hydrogen) atoms. The molecule has 94 valence electrons. The predicted molar refractivity (Wildman–Crippen MR) is 60.4 cm³/mol. The van der Waals surface area contributed by atoms with Crippen LogP contribution in [0.2, 0.25) is 0 Å². The summed E-state index contributed by atoms with van der Waals surface area (Å²) in [4.78, 5) is 11.4. The van der Waals surface area contributed by atoms with E-state index in [0.717, 1.165) is 6.42 Å². The topological polar surface area (TPSA) is 63.7 Å². The van der Waals surface area contributed by atoms with E-state index in [1.165, 1.54) is 11.4 Å². The summed E-state index contributed by atoms with van der Waals surface area (Å²) in [6.45, 7) is 2.63. The molecule has 0 unspecified atom stereocenters. The zero-order valence-corrected chi connectivity index (χ0v) is 10.6. The molecule has 1 rings (SSSR count). The van der Waals surface area contributed by atoms with Gasteiger partial charge in [0.05, 0.1) is 18.8 Å². The van der Waals surface area contributed by atoms with Crippen LogP contribution in [0, 0.1) is 5.92 Å². The number of piperidine rings is 1. The molecule has 0 bridgehead atoms. The SMILES string of the molecule is CCCS(=O)(=O)N1CCC[C@H](C(=O)OC)C1. The minimum Gasteiger partial charge on any atom is -0.469 e. The Bertz CT molecular complexity index is 339. The fraction of sp³-hybridized carbons (Fsp3) is 0.900. The van der Waals surface area contributed by atoms with Crippen molar-refractivity contribution in [2.24, 2.45) is 5.92 Å². The summed E-state index contributed by atoms with van der Waals surface area (Å²) in [5, 5.41) is 0. The summed E-state index contributed by atoms with van der Waals surface area (Å²) >= 11 is 0. The smallest absolute Gasteiger partial charge is 0.309 e. The van der Waals surface area contributed by atoms with Gasteiger partial charge >= 0.3 is 5.97 Å². The van der Waals surface area contributed by atoms with Crippen LogP contribution in [-0.4, -0.2) is 44.6 Å². The number of nitrogens with zero attached hydrogens (tertiary/aromatic N) is 1. The van der Waals surface area contributed by atoms with Crippen LogP contribution in [0.4, 0.5) is 0 Å². The van der Waals surface area contributed by atoms with Gasteiger partial charge in [-0.25, -0.2) is 12.7 Å². The molecule has 1 saturated heterocycles. The van der Waals surface area contributed by atoms with Crippen molar-refractivity contribution in [3.05, 3.63) is 0 Å². The fourth-order valence-corrected chi connectivity index (χ4v) is 3.53. The molecule has 0 amide bonds.